The van der Waals surface area contributed by atoms with Crippen molar-refractivity contribution in [2.24, 2.45) is 5.92 Å². The molecule has 0 bridgehead atoms. The normalized spacial score (nSPS) is 24.3. The van der Waals surface area contributed by atoms with Gasteiger partial charge in [0.15, 0.2) is 5.75 Å². The molecule has 190 valence electrons. The Hall–Kier alpha value is -3.03. The lowest BCUT2D eigenvalue weighted by Gasteiger charge is -2.38. The maximum absolute atomic E-state index is 13.6. The molecule has 1 aliphatic carbocycles. The van der Waals surface area contributed by atoms with E-state index in [0.717, 1.165) is 38.2 Å². The molecule has 2 aliphatic heterocycles. The van der Waals surface area contributed by atoms with Crippen LogP contribution in [0.4, 0.5) is 0 Å². The lowest BCUT2D eigenvalue weighted by Crippen LogP contribution is -2.56. The molecule has 1 saturated heterocycles. The van der Waals surface area contributed by atoms with E-state index < -0.39 is 11.4 Å². The van der Waals surface area contributed by atoms with Crippen molar-refractivity contribution in [1.29, 1.82) is 0 Å². The average molecular weight is 511 g/mol. The third kappa shape index (κ3) is 4.14. The second-order valence-electron chi connectivity index (χ2n) is 9.79. The number of piperidine rings is 1. The van der Waals surface area contributed by atoms with Crippen LogP contribution in [0.5, 0.6) is 17.2 Å². The number of carbonyl (C=O) groups excluding carboxylic acids is 2. The van der Waals surface area contributed by atoms with Gasteiger partial charge in [-0.1, -0.05) is 48.9 Å². The summed E-state index contributed by atoms with van der Waals surface area (Å²) in [6.07, 6.45) is 4.04. The molecule has 2 aromatic carbocycles. The van der Waals surface area contributed by atoms with Gasteiger partial charge in [-0.3, -0.25) is 14.5 Å². The Morgan fingerprint density at radius 2 is 1.81 bits per heavy atom. The highest BCUT2D eigenvalue weighted by Crippen LogP contribution is 2.52. The summed E-state index contributed by atoms with van der Waals surface area (Å²) in [4.78, 5) is 29.6. The van der Waals surface area contributed by atoms with Crippen molar-refractivity contribution >= 4 is 23.2 Å². The number of carbonyl (C=O) groups is 2. The van der Waals surface area contributed by atoms with Crippen LogP contribution >= 0.6 is 11.6 Å². The summed E-state index contributed by atoms with van der Waals surface area (Å²) in [6.45, 7) is 4.80. The monoisotopic (exact) mass is 510 g/mol. The van der Waals surface area contributed by atoms with Gasteiger partial charge >= 0.3 is 0 Å². The zero-order valence-electron chi connectivity index (χ0n) is 20.8. The van der Waals surface area contributed by atoms with Gasteiger partial charge in [0, 0.05) is 49.4 Å². The van der Waals surface area contributed by atoms with E-state index in [4.69, 9.17) is 25.8 Å². The number of methoxy groups -OCH3 is 2. The first kappa shape index (κ1) is 24.7. The van der Waals surface area contributed by atoms with Crippen LogP contribution in [-0.2, 0) is 11.3 Å². The molecule has 7 nitrogen and oxygen atoms in total. The zero-order chi connectivity index (χ0) is 25.4. The molecule has 2 aromatic rings. The molecule has 0 radical (unpaired) electrons. The number of allylic oxidation sites excluding steroid dienone is 1. The summed E-state index contributed by atoms with van der Waals surface area (Å²) in [5, 5.41) is 3.73. The molecule has 0 amide bonds. The van der Waals surface area contributed by atoms with Crippen molar-refractivity contribution in [1.82, 2.24) is 10.2 Å². The van der Waals surface area contributed by atoms with Crippen molar-refractivity contribution < 1.29 is 23.8 Å². The zero-order valence-corrected chi connectivity index (χ0v) is 21.6. The first-order valence-electron chi connectivity index (χ1n) is 12.3. The fourth-order valence-corrected chi connectivity index (χ4v) is 5.83. The highest BCUT2D eigenvalue weighted by atomic mass is 35.5. The van der Waals surface area contributed by atoms with E-state index in [-0.39, 0.29) is 39.8 Å². The summed E-state index contributed by atoms with van der Waals surface area (Å²) in [7, 11) is 2.93. The van der Waals surface area contributed by atoms with Crippen molar-refractivity contribution in [2.45, 2.75) is 44.4 Å². The largest absolute Gasteiger partial charge is 0.496 e. The molecule has 2 unspecified atom stereocenters. The van der Waals surface area contributed by atoms with E-state index in [1.165, 1.54) is 25.9 Å². The molecule has 5 rings (SSSR count). The number of fused-ring (bicyclic) bond motifs is 1. The second-order valence-corrected chi connectivity index (χ2v) is 10.2. The lowest BCUT2D eigenvalue weighted by atomic mass is 9.74. The quantitative estimate of drug-likeness (QED) is 0.576. The summed E-state index contributed by atoms with van der Waals surface area (Å²) in [6, 6.07) is 12.3. The molecular formula is C28H31ClN2O5. The van der Waals surface area contributed by atoms with E-state index in [9.17, 15) is 9.59 Å². The predicted octanol–water partition coefficient (Wildman–Crippen LogP) is 4.42. The van der Waals surface area contributed by atoms with Crippen molar-refractivity contribution in [3.63, 3.8) is 0 Å². The van der Waals surface area contributed by atoms with Gasteiger partial charge in [0.05, 0.1) is 14.2 Å². The first-order valence-corrected chi connectivity index (χ1v) is 12.7. The molecule has 1 spiro atoms. The topological polar surface area (TPSA) is 77.1 Å². The number of hydrogen-bond donors (Lipinski definition) is 1. The Kier molecular flexibility index (Phi) is 6.70. The third-order valence-corrected chi connectivity index (χ3v) is 7.89. The van der Waals surface area contributed by atoms with Crippen LogP contribution in [-0.4, -0.2) is 55.4 Å². The number of ketones is 2. The minimum absolute atomic E-state index is 0.147. The molecule has 2 heterocycles. The molecule has 1 N–H and O–H groups in total. The summed E-state index contributed by atoms with van der Waals surface area (Å²) in [5.74, 6) is -0.423. The summed E-state index contributed by atoms with van der Waals surface area (Å²) >= 11 is 6.47. The molecule has 8 heteroatoms. The smallest absolute Gasteiger partial charge is 0.236 e. The molecule has 0 saturated carbocycles. The van der Waals surface area contributed by atoms with Gasteiger partial charge in [0.2, 0.25) is 17.2 Å². The number of ether oxygens (including phenoxy) is 3. The highest BCUT2D eigenvalue weighted by Gasteiger charge is 2.60. The third-order valence-electron chi connectivity index (χ3n) is 7.54. The number of benzene rings is 2. The van der Waals surface area contributed by atoms with Crippen molar-refractivity contribution in [3.05, 3.63) is 64.3 Å². The minimum atomic E-state index is -1.64. The molecule has 2 atom stereocenters. The van der Waals surface area contributed by atoms with Crippen LogP contribution in [0.15, 0.2) is 48.2 Å². The Bertz CT molecular complexity index is 1210. The number of likely N-dealkylation sites (tertiary alicyclic amines) is 1. The van der Waals surface area contributed by atoms with E-state index in [1.807, 2.05) is 13.0 Å². The van der Waals surface area contributed by atoms with Crippen LogP contribution in [0.2, 0.25) is 5.02 Å². The van der Waals surface area contributed by atoms with Gasteiger partial charge in [-0.05, 0) is 24.8 Å². The molecular weight excluding hydrogens is 480 g/mol. The average Bonchev–Trinajstić information content (AvgIpc) is 3.20. The van der Waals surface area contributed by atoms with E-state index in [0.29, 0.717) is 12.2 Å². The number of halogens is 1. The van der Waals surface area contributed by atoms with Crippen molar-refractivity contribution in [3.8, 4) is 17.2 Å². The molecule has 3 aliphatic rings. The van der Waals surface area contributed by atoms with Crippen LogP contribution in [0.1, 0.15) is 42.1 Å². The molecule has 1 fully saturated rings. The van der Waals surface area contributed by atoms with E-state index in [2.05, 4.69) is 34.5 Å². The summed E-state index contributed by atoms with van der Waals surface area (Å²) < 4.78 is 16.8. The Balaban J connectivity index is 1.29. The Labute approximate surface area is 216 Å². The summed E-state index contributed by atoms with van der Waals surface area (Å²) in [5.41, 5.74) is 0.720. The Morgan fingerprint density at radius 1 is 1.11 bits per heavy atom. The van der Waals surface area contributed by atoms with Crippen LogP contribution in [0, 0.1) is 5.92 Å². The second kappa shape index (κ2) is 9.79. The molecule has 0 aromatic heterocycles. The van der Waals surface area contributed by atoms with Gasteiger partial charge < -0.3 is 19.5 Å². The number of rotatable bonds is 6. The number of hydrogen-bond acceptors (Lipinski definition) is 7. The maximum Gasteiger partial charge on any atom is 0.236 e. The number of nitrogens with one attached hydrogen (secondary N) is 1. The lowest BCUT2D eigenvalue weighted by molar-refractivity contribution is -0.129. The van der Waals surface area contributed by atoms with Gasteiger partial charge in [-0.15, -0.1) is 0 Å². The van der Waals surface area contributed by atoms with Crippen molar-refractivity contribution in [2.75, 3.05) is 27.3 Å². The SMILES string of the molecule is COc1cc(OC)c2c(c1Cl)OC1(C(=O)C=C(NC3CCN(Cc4ccccc4)CC3)CC1C)C2=O. The van der Waals surface area contributed by atoms with E-state index >= 15 is 0 Å². The van der Waals surface area contributed by atoms with Crippen LogP contribution in [0.25, 0.3) is 0 Å². The van der Waals surface area contributed by atoms with Crippen LogP contribution in [0.3, 0.4) is 0 Å². The van der Waals surface area contributed by atoms with Gasteiger partial charge in [-0.2, -0.15) is 0 Å². The first-order chi connectivity index (χ1) is 17.4. The fraction of sp³-hybridized carbons (Fsp3) is 0.429. The van der Waals surface area contributed by atoms with Gasteiger partial charge in [0.25, 0.3) is 0 Å². The molecule has 36 heavy (non-hydrogen) atoms. The highest BCUT2D eigenvalue weighted by molar-refractivity contribution is 6.36. The number of nitrogens with zero attached hydrogens (tertiary/aromatic N) is 1. The van der Waals surface area contributed by atoms with Gasteiger partial charge in [-0.25, -0.2) is 0 Å². The Morgan fingerprint density at radius 3 is 2.44 bits per heavy atom. The van der Waals surface area contributed by atoms with Crippen LogP contribution < -0.4 is 19.5 Å². The predicted molar refractivity (Wildman–Crippen MR) is 137 cm³/mol. The van der Waals surface area contributed by atoms with E-state index in [1.54, 1.807) is 6.07 Å². The van der Waals surface area contributed by atoms with Gasteiger partial charge in [0.1, 0.15) is 22.1 Å². The number of Topliss-reactive ketones (excluding diaryl/α,β-unsaturated/α-hetero) is 1. The fourth-order valence-electron chi connectivity index (χ4n) is 5.57. The minimum Gasteiger partial charge on any atom is -0.496 e. The standard InChI is InChI=1S/C28H31ClN2O5/c1-17-13-20(30-19-9-11-31(12-10-19)16-18-7-5-4-6-8-18)14-23(32)28(17)27(33)24-21(34-2)15-22(35-3)25(29)26(24)36-28/h4-8,14-15,17,19,30H,9-13,16H2,1-3H3. The maximum atomic E-state index is 13.6.